The fourth-order valence-corrected chi connectivity index (χ4v) is 5.70. The van der Waals surface area contributed by atoms with Crippen LogP contribution >= 0.6 is 0 Å². The Balaban J connectivity index is 1.20. The van der Waals surface area contributed by atoms with Gasteiger partial charge < -0.3 is 9.73 Å². The minimum Gasteiger partial charge on any atom is -0.456 e. The van der Waals surface area contributed by atoms with Crippen LogP contribution in [0.4, 0.5) is 0 Å². The van der Waals surface area contributed by atoms with E-state index in [4.69, 9.17) is 14.4 Å². The average Bonchev–Trinajstić information content (AvgIpc) is 3.47. The molecular weight excluding hydrogens is 526 g/mol. The van der Waals surface area contributed by atoms with Gasteiger partial charge in [-0.1, -0.05) is 127 Å². The highest BCUT2D eigenvalue weighted by atomic mass is 16.3. The molecule has 0 saturated carbocycles. The van der Waals surface area contributed by atoms with Crippen LogP contribution in [0.15, 0.2) is 166 Å². The molecule has 8 rings (SSSR count). The third kappa shape index (κ3) is 4.79. The molecule has 0 fully saturated rings. The summed E-state index contributed by atoms with van der Waals surface area (Å²) in [5.41, 5.74) is 9.47. The van der Waals surface area contributed by atoms with Crippen LogP contribution in [0.5, 0.6) is 0 Å². The van der Waals surface area contributed by atoms with Crippen LogP contribution in [-0.4, -0.2) is 11.7 Å². The van der Waals surface area contributed by atoms with Gasteiger partial charge in [0.25, 0.3) is 0 Å². The zero-order valence-electron chi connectivity index (χ0n) is 23.3. The number of nitrogens with one attached hydrogen (secondary N) is 1. The van der Waals surface area contributed by atoms with Gasteiger partial charge in [0.15, 0.2) is 5.84 Å². The highest BCUT2D eigenvalue weighted by molar-refractivity contribution is 6.15. The molecule has 1 aliphatic rings. The number of benzene rings is 6. The van der Waals surface area contributed by atoms with E-state index in [1.807, 2.05) is 42.5 Å². The van der Waals surface area contributed by atoms with Gasteiger partial charge in [0.1, 0.15) is 23.2 Å². The highest BCUT2D eigenvalue weighted by Crippen LogP contribution is 2.31. The van der Waals surface area contributed by atoms with E-state index in [1.54, 1.807) is 0 Å². The van der Waals surface area contributed by atoms with Crippen molar-refractivity contribution in [2.75, 3.05) is 0 Å². The maximum atomic E-state index is 6.08. The summed E-state index contributed by atoms with van der Waals surface area (Å²) in [6.07, 6.45) is -0.294. The lowest BCUT2D eigenvalue weighted by Crippen LogP contribution is -2.33. The molecule has 1 atom stereocenters. The quantitative estimate of drug-likeness (QED) is 0.231. The lowest BCUT2D eigenvalue weighted by atomic mass is 10.0. The molecule has 204 valence electrons. The Morgan fingerprint density at radius 1 is 0.465 bits per heavy atom. The molecule has 7 aromatic rings. The second kappa shape index (κ2) is 10.6. The van der Waals surface area contributed by atoms with Crippen LogP contribution in [-0.2, 0) is 0 Å². The first-order valence-electron chi connectivity index (χ1n) is 14.4. The van der Waals surface area contributed by atoms with E-state index in [1.165, 1.54) is 22.3 Å². The van der Waals surface area contributed by atoms with Gasteiger partial charge in [0.05, 0.1) is 0 Å². The summed E-state index contributed by atoms with van der Waals surface area (Å²) in [6, 6.07) is 52.3. The SMILES string of the molecule is c1ccc(-c2ccc(C3=NC(c4ccc5oc6ccccc6c5c4)=NC(c4ccc(-c5ccccc5)cc4)N3)cc2)cc1. The fourth-order valence-electron chi connectivity index (χ4n) is 5.70. The summed E-state index contributed by atoms with van der Waals surface area (Å²) in [5, 5.41) is 5.75. The number of nitrogens with zero attached hydrogens (tertiary/aromatic N) is 2. The molecule has 2 heterocycles. The number of hydrogen-bond donors (Lipinski definition) is 1. The summed E-state index contributed by atoms with van der Waals surface area (Å²) >= 11 is 0. The molecule has 0 saturated heterocycles. The molecule has 4 heteroatoms. The molecule has 1 unspecified atom stereocenters. The lowest BCUT2D eigenvalue weighted by molar-refractivity contribution is 0.668. The summed E-state index contributed by atoms with van der Waals surface area (Å²) < 4.78 is 6.08. The van der Waals surface area contributed by atoms with E-state index in [2.05, 4.69) is 115 Å². The van der Waals surface area contributed by atoms with Crippen LogP contribution in [0.3, 0.4) is 0 Å². The lowest BCUT2D eigenvalue weighted by Gasteiger charge is -2.24. The number of furan rings is 1. The van der Waals surface area contributed by atoms with Crippen molar-refractivity contribution in [2.45, 2.75) is 6.17 Å². The Labute approximate surface area is 249 Å². The zero-order chi connectivity index (χ0) is 28.6. The van der Waals surface area contributed by atoms with Gasteiger partial charge in [-0.15, -0.1) is 0 Å². The molecule has 0 spiro atoms. The molecule has 0 aliphatic carbocycles. The van der Waals surface area contributed by atoms with E-state index >= 15 is 0 Å². The van der Waals surface area contributed by atoms with Gasteiger partial charge in [0, 0.05) is 21.9 Å². The minimum atomic E-state index is -0.294. The number of amidine groups is 2. The van der Waals surface area contributed by atoms with Crippen molar-refractivity contribution in [3.8, 4) is 22.3 Å². The van der Waals surface area contributed by atoms with Gasteiger partial charge >= 0.3 is 0 Å². The average molecular weight is 554 g/mol. The first kappa shape index (κ1) is 25.0. The number of fused-ring (bicyclic) bond motifs is 3. The molecule has 0 bridgehead atoms. The normalized spacial score (nSPS) is 14.7. The molecule has 0 radical (unpaired) electrons. The Hall–Kier alpha value is -5.74. The molecule has 1 aliphatic heterocycles. The smallest absolute Gasteiger partial charge is 0.159 e. The first-order valence-corrected chi connectivity index (χ1v) is 14.4. The second-order valence-corrected chi connectivity index (χ2v) is 10.7. The Bertz CT molecular complexity index is 2130. The minimum absolute atomic E-state index is 0.294. The van der Waals surface area contributed by atoms with Gasteiger partial charge in [-0.05, 0) is 52.1 Å². The number of rotatable bonds is 5. The van der Waals surface area contributed by atoms with Crippen LogP contribution in [0.1, 0.15) is 22.9 Å². The van der Waals surface area contributed by atoms with Crippen molar-refractivity contribution in [1.29, 1.82) is 0 Å². The summed E-state index contributed by atoms with van der Waals surface area (Å²) in [7, 11) is 0. The molecule has 43 heavy (non-hydrogen) atoms. The van der Waals surface area contributed by atoms with E-state index < -0.39 is 0 Å². The molecule has 6 aromatic carbocycles. The van der Waals surface area contributed by atoms with Gasteiger partial charge in [-0.3, -0.25) is 0 Å². The Morgan fingerprint density at radius 2 is 1.00 bits per heavy atom. The van der Waals surface area contributed by atoms with E-state index in [0.29, 0.717) is 5.84 Å². The van der Waals surface area contributed by atoms with Crippen molar-refractivity contribution in [3.63, 3.8) is 0 Å². The van der Waals surface area contributed by atoms with Crippen molar-refractivity contribution in [3.05, 3.63) is 168 Å². The summed E-state index contributed by atoms with van der Waals surface area (Å²) in [4.78, 5) is 10.2. The molecular formula is C39H27N3O. The fraction of sp³-hybridized carbons (Fsp3) is 0.0256. The zero-order valence-corrected chi connectivity index (χ0v) is 23.3. The standard InChI is InChI=1S/C39H27N3O/c1-3-9-26(10-4-1)28-15-19-30(20-16-28)37-40-38(31-21-17-29(18-22-31)27-11-5-2-6-12-27)42-39(41-37)32-23-24-36-34(25-32)33-13-7-8-14-35(33)43-36/h1-25,37H,(H,40,41,42). The van der Waals surface area contributed by atoms with Crippen LogP contribution < -0.4 is 5.32 Å². The number of aliphatic imine (C=N–C) groups is 2. The highest BCUT2D eigenvalue weighted by Gasteiger charge is 2.22. The van der Waals surface area contributed by atoms with Gasteiger partial charge in [0.2, 0.25) is 0 Å². The van der Waals surface area contributed by atoms with E-state index in [-0.39, 0.29) is 6.17 Å². The molecule has 1 aromatic heterocycles. The topological polar surface area (TPSA) is 49.9 Å². The monoisotopic (exact) mass is 553 g/mol. The Kier molecular flexibility index (Phi) is 6.16. The third-order valence-corrected chi connectivity index (χ3v) is 7.98. The van der Waals surface area contributed by atoms with Gasteiger partial charge in [-0.2, -0.15) is 0 Å². The first-order chi connectivity index (χ1) is 21.3. The molecule has 0 amide bonds. The van der Waals surface area contributed by atoms with Crippen molar-refractivity contribution in [1.82, 2.24) is 5.32 Å². The third-order valence-electron chi connectivity index (χ3n) is 7.98. The van der Waals surface area contributed by atoms with Crippen LogP contribution in [0.25, 0.3) is 44.2 Å². The largest absolute Gasteiger partial charge is 0.456 e. The molecule has 4 nitrogen and oxygen atoms in total. The van der Waals surface area contributed by atoms with Crippen molar-refractivity contribution < 1.29 is 4.42 Å². The second-order valence-electron chi connectivity index (χ2n) is 10.7. The van der Waals surface area contributed by atoms with Crippen molar-refractivity contribution >= 4 is 33.6 Å². The van der Waals surface area contributed by atoms with Crippen LogP contribution in [0.2, 0.25) is 0 Å². The Morgan fingerprint density at radius 3 is 1.70 bits per heavy atom. The maximum Gasteiger partial charge on any atom is 0.159 e. The predicted molar refractivity (Wildman–Crippen MR) is 176 cm³/mol. The predicted octanol–water partition coefficient (Wildman–Crippen LogP) is 9.42. The van der Waals surface area contributed by atoms with Crippen LogP contribution in [0, 0.1) is 0 Å². The molecule has 1 N–H and O–H groups in total. The maximum absolute atomic E-state index is 6.08. The summed E-state index contributed by atoms with van der Waals surface area (Å²) in [6.45, 7) is 0. The van der Waals surface area contributed by atoms with Gasteiger partial charge in [-0.25, -0.2) is 9.98 Å². The van der Waals surface area contributed by atoms with E-state index in [0.717, 1.165) is 44.5 Å². The summed E-state index contributed by atoms with van der Waals surface area (Å²) in [5.74, 6) is 1.48. The number of para-hydroxylation sites is 1. The number of hydrogen-bond acceptors (Lipinski definition) is 4. The van der Waals surface area contributed by atoms with Crippen molar-refractivity contribution in [2.24, 2.45) is 9.98 Å². The van der Waals surface area contributed by atoms with E-state index in [9.17, 15) is 0 Å².